The molecule has 1 aliphatic rings. The van der Waals surface area contributed by atoms with Gasteiger partial charge in [-0.05, 0) is 38.3 Å². The first kappa shape index (κ1) is 19.3. The molecule has 1 aliphatic carbocycles. The zero-order chi connectivity index (χ0) is 19.1. The van der Waals surface area contributed by atoms with Gasteiger partial charge >= 0.3 is 6.03 Å². The van der Waals surface area contributed by atoms with E-state index >= 15 is 0 Å². The van der Waals surface area contributed by atoms with E-state index < -0.39 is 0 Å². The molecule has 7 nitrogen and oxygen atoms in total. The molecule has 2 heterocycles. The lowest BCUT2D eigenvalue weighted by molar-refractivity contribution is 0.147. The second-order valence-electron chi connectivity index (χ2n) is 7.25. The molecule has 3 rings (SSSR count). The van der Waals surface area contributed by atoms with Crippen molar-refractivity contribution in [3.63, 3.8) is 0 Å². The quantitative estimate of drug-likeness (QED) is 0.806. The minimum Gasteiger partial charge on any atom is -0.328 e. The molecule has 1 N–H and O–H groups in total. The Morgan fingerprint density at radius 3 is 2.81 bits per heavy atom. The number of amides is 2. The van der Waals surface area contributed by atoms with Gasteiger partial charge in [0.1, 0.15) is 12.2 Å². The Morgan fingerprint density at radius 2 is 2.11 bits per heavy atom. The molecule has 0 unspecified atom stereocenters. The largest absolute Gasteiger partial charge is 0.328 e. The maximum absolute atomic E-state index is 13.2. The van der Waals surface area contributed by atoms with Crippen molar-refractivity contribution in [3.05, 3.63) is 42.2 Å². The highest BCUT2D eigenvalue weighted by atomic mass is 16.2. The van der Waals surface area contributed by atoms with E-state index in [1.54, 1.807) is 12.5 Å². The van der Waals surface area contributed by atoms with E-state index in [4.69, 9.17) is 0 Å². The van der Waals surface area contributed by atoms with Crippen molar-refractivity contribution in [2.24, 2.45) is 0 Å². The lowest BCUT2D eigenvalue weighted by atomic mass is 9.94. The summed E-state index contributed by atoms with van der Waals surface area (Å²) < 4.78 is 1.87. The van der Waals surface area contributed by atoms with E-state index in [-0.39, 0.29) is 18.1 Å². The molecule has 1 fully saturated rings. The molecule has 0 bridgehead atoms. The monoisotopic (exact) mass is 370 g/mol. The van der Waals surface area contributed by atoms with Gasteiger partial charge < -0.3 is 10.2 Å². The number of carbonyl (C=O) groups excluding carboxylic acids is 1. The normalized spacial score (nSPS) is 16.1. The fourth-order valence-corrected chi connectivity index (χ4v) is 3.75. The van der Waals surface area contributed by atoms with Crippen LogP contribution in [0.1, 0.15) is 69.9 Å². The number of aromatic nitrogens is 4. The van der Waals surface area contributed by atoms with Gasteiger partial charge in [-0.2, -0.15) is 5.10 Å². The maximum Gasteiger partial charge on any atom is 0.318 e. The van der Waals surface area contributed by atoms with Gasteiger partial charge in [-0.25, -0.2) is 14.5 Å². The standard InChI is InChI=1S/C20H30N6O/c1-3-13-26-19(22-15-23-26)16(2)24-20(27)25(18-10-5-4-6-11-18)14-17-9-7-8-12-21-17/h7-9,12,15-16,18H,3-6,10-11,13-14H2,1-2H3,(H,24,27)/t16-/m0/s1. The number of aryl methyl sites for hydroxylation is 1. The highest BCUT2D eigenvalue weighted by molar-refractivity contribution is 5.75. The number of hydrogen-bond acceptors (Lipinski definition) is 4. The number of urea groups is 1. The second-order valence-corrected chi connectivity index (χ2v) is 7.25. The van der Waals surface area contributed by atoms with Gasteiger partial charge in [0.25, 0.3) is 0 Å². The van der Waals surface area contributed by atoms with Gasteiger partial charge in [0, 0.05) is 18.8 Å². The van der Waals surface area contributed by atoms with Crippen LogP contribution in [-0.2, 0) is 13.1 Å². The van der Waals surface area contributed by atoms with Crippen LogP contribution in [0.3, 0.4) is 0 Å². The SMILES string of the molecule is CCCn1ncnc1[C@H](C)NC(=O)N(Cc1ccccn1)C1CCCCC1. The Hall–Kier alpha value is -2.44. The predicted molar refractivity (Wildman–Crippen MR) is 104 cm³/mol. The number of pyridine rings is 1. The third-order valence-electron chi connectivity index (χ3n) is 5.14. The molecule has 0 spiro atoms. The summed E-state index contributed by atoms with van der Waals surface area (Å²) in [5.41, 5.74) is 0.917. The van der Waals surface area contributed by atoms with E-state index in [0.717, 1.165) is 37.3 Å². The molecule has 0 aliphatic heterocycles. The van der Waals surface area contributed by atoms with E-state index in [1.807, 2.05) is 34.7 Å². The third-order valence-corrected chi connectivity index (χ3v) is 5.14. The molecule has 1 saturated carbocycles. The summed E-state index contributed by atoms with van der Waals surface area (Å²) in [5.74, 6) is 0.798. The average molecular weight is 371 g/mol. The van der Waals surface area contributed by atoms with Crippen LogP contribution >= 0.6 is 0 Å². The van der Waals surface area contributed by atoms with E-state index in [2.05, 4.69) is 27.3 Å². The molecule has 0 saturated heterocycles. The topological polar surface area (TPSA) is 75.9 Å². The Morgan fingerprint density at radius 1 is 1.30 bits per heavy atom. The molecule has 2 aromatic rings. The van der Waals surface area contributed by atoms with Crippen LogP contribution in [0.25, 0.3) is 0 Å². The van der Waals surface area contributed by atoms with Crippen LogP contribution < -0.4 is 5.32 Å². The summed E-state index contributed by atoms with van der Waals surface area (Å²) in [6.07, 6.45) is 10.0. The number of hydrogen-bond donors (Lipinski definition) is 1. The summed E-state index contributed by atoms with van der Waals surface area (Å²) in [6.45, 7) is 5.40. The first-order valence-corrected chi connectivity index (χ1v) is 10.0. The zero-order valence-corrected chi connectivity index (χ0v) is 16.3. The summed E-state index contributed by atoms with van der Waals surface area (Å²) in [5, 5.41) is 7.40. The molecular formula is C20H30N6O. The molecular weight excluding hydrogens is 340 g/mol. The van der Waals surface area contributed by atoms with Crippen LogP contribution in [0.2, 0.25) is 0 Å². The highest BCUT2D eigenvalue weighted by Crippen LogP contribution is 2.24. The first-order chi connectivity index (χ1) is 13.2. The van der Waals surface area contributed by atoms with Crippen LogP contribution in [0.5, 0.6) is 0 Å². The summed E-state index contributed by atoms with van der Waals surface area (Å²) >= 11 is 0. The van der Waals surface area contributed by atoms with Crippen molar-refractivity contribution in [3.8, 4) is 0 Å². The fraction of sp³-hybridized carbons (Fsp3) is 0.600. The Labute approximate surface area is 161 Å². The minimum atomic E-state index is -0.193. The first-order valence-electron chi connectivity index (χ1n) is 10.0. The predicted octanol–water partition coefficient (Wildman–Crippen LogP) is 3.69. The van der Waals surface area contributed by atoms with Crippen LogP contribution in [-0.4, -0.2) is 36.7 Å². The highest BCUT2D eigenvalue weighted by Gasteiger charge is 2.27. The minimum absolute atomic E-state index is 0.0499. The van der Waals surface area contributed by atoms with E-state index in [0.29, 0.717) is 6.54 Å². The lowest BCUT2D eigenvalue weighted by Gasteiger charge is -2.35. The number of rotatable bonds is 7. The van der Waals surface area contributed by atoms with Gasteiger partial charge in [-0.15, -0.1) is 0 Å². The van der Waals surface area contributed by atoms with Crippen molar-refractivity contribution in [2.75, 3.05) is 0 Å². The molecule has 7 heteroatoms. The Balaban J connectivity index is 1.72. The molecule has 0 radical (unpaired) electrons. The molecule has 1 atom stereocenters. The molecule has 2 aromatic heterocycles. The Kier molecular flexibility index (Phi) is 6.79. The van der Waals surface area contributed by atoms with Crippen molar-refractivity contribution >= 4 is 6.03 Å². The fourth-order valence-electron chi connectivity index (χ4n) is 3.75. The van der Waals surface area contributed by atoms with Gasteiger partial charge in [0.2, 0.25) is 0 Å². The molecule has 146 valence electrons. The van der Waals surface area contributed by atoms with E-state index in [1.165, 1.54) is 19.3 Å². The van der Waals surface area contributed by atoms with E-state index in [9.17, 15) is 4.79 Å². The van der Waals surface area contributed by atoms with Gasteiger partial charge in [-0.1, -0.05) is 32.3 Å². The lowest BCUT2D eigenvalue weighted by Crippen LogP contribution is -2.47. The average Bonchev–Trinajstić information content (AvgIpc) is 3.16. The smallest absolute Gasteiger partial charge is 0.318 e. The number of carbonyl (C=O) groups is 1. The third kappa shape index (κ3) is 5.05. The van der Waals surface area contributed by atoms with Crippen LogP contribution in [0, 0.1) is 0 Å². The second kappa shape index (κ2) is 9.48. The zero-order valence-electron chi connectivity index (χ0n) is 16.3. The molecule has 27 heavy (non-hydrogen) atoms. The summed E-state index contributed by atoms with van der Waals surface area (Å²) in [7, 11) is 0. The van der Waals surface area contributed by atoms with Crippen molar-refractivity contribution in [1.82, 2.24) is 30.0 Å². The van der Waals surface area contributed by atoms with Crippen molar-refractivity contribution < 1.29 is 4.79 Å². The Bertz CT molecular complexity index is 710. The van der Waals surface area contributed by atoms with Gasteiger partial charge in [0.15, 0.2) is 0 Å². The van der Waals surface area contributed by atoms with Crippen LogP contribution in [0.15, 0.2) is 30.7 Å². The molecule has 0 aromatic carbocycles. The van der Waals surface area contributed by atoms with Crippen molar-refractivity contribution in [1.29, 1.82) is 0 Å². The summed E-state index contributed by atoms with van der Waals surface area (Å²) in [6, 6.07) is 5.87. The van der Waals surface area contributed by atoms with Crippen LogP contribution in [0.4, 0.5) is 4.79 Å². The van der Waals surface area contributed by atoms with Gasteiger partial charge in [-0.3, -0.25) is 4.98 Å². The maximum atomic E-state index is 13.2. The number of nitrogens with one attached hydrogen (secondary N) is 1. The number of nitrogens with zero attached hydrogens (tertiary/aromatic N) is 5. The summed E-state index contributed by atoms with van der Waals surface area (Å²) in [4.78, 5) is 23.9. The van der Waals surface area contributed by atoms with Crippen molar-refractivity contribution in [2.45, 2.75) is 77.5 Å². The van der Waals surface area contributed by atoms with Gasteiger partial charge in [0.05, 0.1) is 18.3 Å². The molecule has 2 amide bonds.